The monoisotopic (exact) mass is 358 g/mol. The number of imidazole rings is 1. The molecule has 0 saturated heterocycles. The van der Waals surface area contributed by atoms with Gasteiger partial charge in [-0.15, -0.1) is 0 Å². The number of aliphatic hydroxyl groups excluding tert-OH is 1. The van der Waals surface area contributed by atoms with Gasteiger partial charge in [-0.25, -0.2) is 9.78 Å². The summed E-state index contributed by atoms with van der Waals surface area (Å²) in [4.78, 5) is 33.7. The second kappa shape index (κ2) is 5.55. The molecule has 4 aliphatic carbocycles. The first-order valence-corrected chi connectivity index (χ1v) is 9.91. The van der Waals surface area contributed by atoms with Crippen molar-refractivity contribution < 1.29 is 5.11 Å². The fourth-order valence-electron chi connectivity index (χ4n) is 6.24. The Balaban J connectivity index is 1.70. The molecule has 7 heteroatoms. The van der Waals surface area contributed by atoms with Gasteiger partial charge in [-0.05, 0) is 56.3 Å². The number of hydrogen-bond donors (Lipinski definition) is 2. The number of H-pyrrole nitrogens is 1. The van der Waals surface area contributed by atoms with Crippen LogP contribution in [0.5, 0.6) is 0 Å². The molecule has 4 fully saturated rings. The molecule has 0 amide bonds. The van der Waals surface area contributed by atoms with Gasteiger partial charge in [-0.3, -0.25) is 13.9 Å². The van der Waals surface area contributed by atoms with Crippen molar-refractivity contribution in [1.82, 2.24) is 19.1 Å². The summed E-state index contributed by atoms with van der Waals surface area (Å²) in [6, 6.07) is 0. The zero-order valence-corrected chi connectivity index (χ0v) is 15.2. The fourth-order valence-corrected chi connectivity index (χ4v) is 6.24. The minimum absolute atomic E-state index is 0.0532. The van der Waals surface area contributed by atoms with E-state index in [4.69, 9.17) is 4.98 Å². The topological polar surface area (TPSA) is 92.9 Å². The molecule has 2 heterocycles. The van der Waals surface area contributed by atoms with E-state index in [0.29, 0.717) is 24.1 Å². The highest BCUT2D eigenvalue weighted by Crippen LogP contribution is 2.64. The molecule has 2 aromatic heterocycles. The lowest BCUT2D eigenvalue weighted by Crippen LogP contribution is -2.40. The Morgan fingerprint density at radius 2 is 1.88 bits per heavy atom. The number of hydrogen-bond acceptors (Lipinski definition) is 4. The van der Waals surface area contributed by atoms with E-state index >= 15 is 0 Å². The van der Waals surface area contributed by atoms with E-state index in [1.54, 1.807) is 0 Å². The van der Waals surface area contributed by atoms with Gasteiger partial charge >= 0.3 is 5.69 Å². The summed E-state index contributed by atoms with van der Waals surface area (Å²) < 4.78 is 2.73. The standard InChI is InChI=1S/C19H26N4O3/c1-2-3-23-16(25)14-15(22(4-5-24)18(23)26)21-17(20-14)19-8-11-6-12(9-19)13(7-11)10-19/h11-13,24H,2-10H2,1H3,(H,20,21). The van der Waals surface area contributed by atoms with Gasteiger partial charge in [0.25, 0.3) is 5.56 Å². The minimum Gasteiger partial charge on any atom is -0.395 e. The quantitative estimate of drug-likeness (QED) is 0.844. The highest BCUT2D eigenvalue weighted by molar-refractivity contribution is 5.70. The van der Waals surface area contributed by atoms with E-state index in [0.717, 1.165) is 42.8 Å². The molecule has 0 radical (unpaired) electrons. The zero-order valence-electron chi connectivity index (χ0n) is 15.2. The van der Waals surface area contributed by atoms with Crippen LogP contribution in [-0.2, 0) is 18.5 Å². The third kappa shape index (κ3) is 2.06. The Bertz CT molecular complexity index is 966. The molecule has 4 saturated carbocycles. The summed E-state index contributed by atoms with van der Waals surface area (Å²) in [6.07, 6.45) is 6.86. The number of fused-ring (bicyclic) bond motifs is 1. The Morgan fingerprint density at radius 3 is 2.50 bits per heavy atom. The van der Waals surface area contributed by atoms with Crippen molar-refractivity contribution in [3.8, 4) is 0 Å². The average Bonchev–Trinajstić information content (AvgIpc) is 3.25. The first kappa shape index (κ1) is 16.3. The third-order valence-corrected chi connectivity index (χ3v) is 7.06. The van der Waals surface area contributed by atoms with Gasteiger partial charge < -0.3 is 10.1 Å². The number of aliphatic hydroxyl groups is 1. The SMILES string of the molecule is CCCn1c(=O)c2[nH]c(C34CC5CC(C3)C(C5)C4)nc2n(CCO)c1=O. The minimum atomic E-state index is -0.371. The molecule has 6 rings (SSSR count). The maximum atomic E-state index is 12.9. The summed E-state index contributed by atoms with van der Waals surface area (Å²) in [5, 5.41) is 9.41. The average molecular weight is 358 g/mol. The third-order valence-electron chi connectivity index (χ3n) is 7.06. The van der Waals surface area contributed by atoms with Gasteiger partial charge in [-0.2, -0.15) is 0 Å². The van der Waals surface area contributed by atoms with Crippen LogP contribution in [0.25, 0.3) is 11.2 Å². The van der Waals surface area contributed by atoms with Crippen LogP contribution in [0, 0.1) is 17.8 Å². The van der Waals surface area contributed by atoms with Gasteiger partial charge in [0.2, 0.25) is 0 Å². The van der Waals surface area contributed by atoms with Gasteiger partial charge in [0.05, 0.1) is 13.2 Å². The van der Waals surface area contributed by atoms with E-state index in [1.165, 1.54) is 22.0 Å². The van der Waals surface area contributed by atoms with Gasteiger partial charge in [-0.1, -0.05) is 6.92 Å². The maximum Gasteiger partial charge on any atom is 0.332 e. The summed E-state index contributed by atoms with van der Waals surface area (Å²) in [5.74, 6) is 3.29. The number of rotatable bonds is 5. The predicted molar refractivity (Wildman–Crippen MR) is 97.2 cm³/mol. The highest BCUT2D eigenvalue weighted by atomic mass is 16.3. The Labute approximate surface area is 151 Å². The molecule has 0 spiro atoms. The van der Waals surface area contributed by atoms with Crippen molar-refractivity contribution in [2.75, 3.05) is 6.61 Å². The molecular formula is C19H26N4O3. The van der Waals surface area contributed by atoms with Crippen LogP contribution in [0.2, 0.25) is 0 Å². The molecular weight excluding hydrogens is 332 g/mol. The molecule has 0 aromatic carbocycles. The molecule has 140 valence electrons. The van der Waals surface area contributed by atoms with Crippen molar-refractivity contribution in [1.29, 1.82) is 0 Å². The molecule has 4 aliphatic rings. The Kier molecular flexibility index (Phi) is 3.48. The van der Waals surface area contributed by atoms with Crippen LogP contribution < -0.4 is 11.2 Å². The van der Waals surface area contributed by atoms with Gasteiger partial charge in [0.15, 0.2) is 5.65 Å². The fraction of sp³-hybridized carbons (Fsp3) is 0.737. The summed E-state index contributed by atoms with van der Waals surface area (Å²) in [6.45, 7) is 2.32. The van der Waals surface area contributed by atoms with Gasteiger partial charge in [0, 0.05) is 12.0 Å². The Morgan fingerprint density at radius 1 is 1.15 bits per heavy atom. The smallest absolute Gasteiger partial charge is 0.332 e. The lowest BCUT2D eigenvalue weighted by Gasteiger charge is -2.36. The van der Waals surface area contributed by atoms with E-state index in [2.05, 4.69) is 4.98 Å². The van der Waals surface area contributed by atoms with E-state index in [9.17, 15) is 14.7 Å². The molecule has 7 nitrogen and oxygen atoms in total. The molecule has 0 aliphatic heterocycles. The van der Waals surface area contributed by atoms with Crippen molar-refractivity contribution in [3.63, 3.8) is 0 Å². The second-order valence-electron chi connectivity index (χ2n) is 8.65. The molecule has 4 bridgehead atoms. The van der Waals surface area contributed by atoms with E-state index in [1.807, 2.05) is 6.92 Å². The number of nitrogens with one attached hydrogen (secondary N) is 1. The number of aromatic nitrogens is 4. The van der Waals surface area contributed by atoms with Crippen molar-refractivity contribution in [3.05, 3.63) is 26.7 Å². The van der Waals surface area contributed by atoms with Crippen molar-refractivity contribution in [2.24, 2.45) is 17.8 Å². The van der Waals surface area contributed by atoms with Crippen molar-refractivity contribution in [2.45, 2.75) is 64.0 Å². The first-order valence-electron chi connectivity index (χ1n) is 9.91. The lowest BCUT2D eigenvalue weighted by atomic mass is 9.69. The van der Waals surface area contributed by atoms with Crippen LogP contribution in [0.4, 0.5) is 0 Å². The van der Waals surface area contributed by atoms with Crippen LogP contribution >= 0.6 is 0 Å². The Hall–Kier alpha value is -1.89. The van der Waals surface area contributed by atoms with Crippen molar-refractivity contribution >= 4 is 11.2 Å². The van der Waals surface area contributed by atoms with Crippen LogP contribution in [0.15, 0.2) is 9.59 Å². The normalized spacial score (nSPS) is 32.2. The van der Waals surface area contributed by atoms with E-state index in [-0.39, 0.29) is 29.8 Å². The maximum absolute atomic E-state index is 12.9. The number of nitrogens with zero attached hydrogens (tertiary/aromatic N) is 3. The van der Waals surface area contributed by atoms with Crippen LogP contribution in [0.1, 0.15) is 51.3 Å². The molecule has 2 atom stereocenters. The number of aromatic amines is 1. The van der Waals surface area contributed by atoms with Crippen LogP contribution in [-0.4, -0.2) is 30.8 Å². The predicted octanol–water partition coefficient (Wildman–Crippen LogP) is 1.37. The molecule has 26 heavy (non-hydrogen) atoms. The molecule has 2 N–H and O–H groups in total. The summed E-state index contributed by atoms with van der Waals surface area (Å²) in [7, 11) is 0. The lowest BCUT2D eigenvalue weighted by molar-refractivity contribution is 0.220. The molecule has 2 unspecified atom stereocenters. The second-order valence-corrected chi connectivity index (χ2v) is 8.65. The van der Waals surface area contributed by atoms with Crippen LogP contribution in [0.3, 0.4) is 0 Å². The van der Waals surface area contributed by atoms with Gasteiger partial charge in [0.1, 0.15) is 11.3 Å². The first-order chi connectivity index (χ1) is 12.6. The summed E-state index contributed by atoms with van der Waals surface area (Å²) in [5.41, 5.74) is 0.223. The molecule has 2 aromatic rings. The largest absolute Gasteiger partial charge is 0.395 e. The summed E-state index contributed by atoms with van der Waals surface area (Å²) >= 11 is 0. The van der Waals surface area contributed by atoms with E-state index < -0.39 is 0 Å². The highest BCUT2D eigenvalue weighted by Gasteiger charge is 2.57. The zero-order chi connectivity index (χ0) is 18.1.